The van der Waals surface area contributed by atoms with Gasteiger partial charge in [0.05, 0.1) is 24.9 Å². The van der Waals surface area contributed by atoms with Crippen molar-refractivity contribution in [1.29, 1.82) is 5.26 Å². The zero-order chi connectivity index (χ0) is 16.2. The largest absolute Gasteiger partial charge is 0.368 e. The first kappa shape index (κ1) is 15.6. The second kappa shape index (κ2) is 6.89. The van der Waals surface area contributed by atoms with Gasteiger partial charge in [0, 0.05) is 31.7 Å². The van der Waals surface area contributed by atoms with E-state index in [-0.39, 0.29) is 6.10 Å². The Morgan fingerprint density at radius 1 is 1.48 bits per heavy atom. The zero-order valence-corrected chi connectivity index (χ0v) is 13.4. The molecule has 0 bridgehead atoms. The average molecular weight is 315 g/mol. The maximum Gasteiger partial charge on any atom is 0.155 e. The highest BCUT2D eigenvalue weighted by Gasteiger charge is 2.25. The topological polar surface area (TPSA) is 95.7 Å². The molecule has 2 aromatic rings. The maximum atomic E-state index is 8.82. The molecule has 0 spiro atoms. The first-order valence-corrected chi connectivity index (χ1v) is 7.84. The van der Waals surface area contributed by atoms with Crippen LogP contribution in [0.25, 0.3) is 0 Å². The Balaban J connectivity index is 1.56. The summed E-state index contributed by atoms with van der Waals surface area (Å²) < 4.78 is 7.62. The van der Waals surface area contributed by atoms with E-state index in [0.29, 0.717) is 18.1 Å². The fourth-order valence-electron chi connectivity index (χ4n) is 2.55. The monoisotopic (exact) mass is 315 g/mol. The number of hydrogen-bond donors (Lipinski definition) is 1. The second-order valence-electron chi connectivity index (χ2n) is 6.00. The molecule has 1 unspecified atom stereocenters. The van der Waals surface area contributed by atoms with E-state index in [1.54, 1.807) is 17.1 Å². The van der Waals surface area contributed by atoms with Crippen LogP contribution in [0, 0.1) is 11.3 Å². The lowest BCUT2D eigenvalue weighted by molar-refractivity contribution is -0.0352. The highest BCUT2D eigenvalue weighted by molar-refractivity contribution is 5.21. The lowest BCUT2D eigenvalue weighted by Gasteiger charge is -2.31. The summed E-state index contributed by atoms with van der Waals surface area (Å²) in [6, 6.07) is 2.09. The Labute approximate surface area is 135 Å². The van der Waals surface area contributed by atoms with Crippen LogP contribution in [0.3, 0.4) is 0 Å². The molecule has 0 saturated carbocycles. The molecule has 0 aliphatic carbocycles. The van der Waals surface area contributed by atoms with Gasteiger partial charge in [-0.1, -0.05) is 13.8 Å². The van der Waals surface area contributed by atoms with Gasteiger partial charge < -0.3 is 4.74 Å². The van der Waals surface area contributed by atoms with E-state index in [0.717, 1.165) is 37.8 Å². The smallest absolute Gasteiger partial charge is 0.155 e. The van der Waals surface area contributed by atoms with Gasteiger partial charge in [0.25, 0.3) is 0 Å². The molecular formula is C15H21N7O. The molecule has 1 saturated heterocycles. The predicted molar refractivity (Wildman–Crippen MR) is 82.5 cm³/mol. The fourth-order valence-corrected chi connectivity index (χ4v) is 2.55. The van der Waals surface area contributed by atoms with E-state index >= 15 is 0 Å². The van der Waals surface area contributed by atoms with Gasteiger partial charge in [-0.05, 0) is 0 Å². The minimum absolute atomic E-state index is 0.0731. The first-order chi connectivity index (χ1) is 11.2. The van der Waals surface area contributed by atoms with Crippen molar-refractivity contribution in [2.75, 3.05) is 26.2 Å². The normalized spacial score (nSPS) is 19.1. The van der Waals surface area contributed by atoms with Crippen molar-refractivity contribution in [2.24, 2.45) is 0 Å². The number of morpholine rings is 1. The molecule has 122 valence electrons. The predicted octanol–water partition coefficient (Wildman–Crippen LogP) is 1.07. The van der Waals surface area contributed by atoms with Crippen molar-refractivity contribution >= 4 is 0 Å². The number of H-pyrrole nitrogens is 1. The van der Waals surface area contributed by atoms with E-state index in [1.807, 2.05) is 0 Å². The van der Waals surface area contributed by atoms with Gasteiger partial charge in [-0.25, -0.2) is 4.98 Å². The van der Waals surface area contributed by atoms with Crippen LogP contribution in [0.15, 0.2) is 12.4 Å². The molecule has 1 aliphatic heterocycles. The molecule has 1 atom stereocenters. The van der Waals surface area contributed by atoms with Crippen LogP contribution in [-0.4, -0.2) is 56.1 Å². The number of ether oxygens (including phenoxy) is 1. The molecule has 3 heterocycles. The average Bonchev–Trinajstić information content (AvgIpc) is 3.22. The molecule has 0 radical (unpaired) electrons. The quantitative estimate of drug-likeness (QED) is 0.886. The highest BCUT2D eigenvalue weighted by Crippen LogP contribution is 2.20. The molecule has 8 nitrogen and oxygen atoms in total. The Morgan fingerprint density at radius 2 is 2.35 bits per heavy atom. The summed E-state index contributed by atoms with van der Waals surface area (Å²) in [5, 5.41) is 20.2. The van der Waals surface area contributed by atoms with Crippen LogP contribution in [0.5, 0.6) is 0 Å². The van der Waals surface area contributed by atoms with Crippen LogP contribution in [0.1, 0.15) is 43.1 Å². The van der Waals surface area contributed by atoms with Crippen molar-refractivity contribution in [3.05, 3.63) is 29.6 Å². The van der Waals surface area contributed by atoms with Crippen molar-refractivity contribution < 1.29 is 4.74 Å². The Morgan fingerprint density at radius 3 is 3.04 bits per heavy atom. The summed E-state index contributed by atoms with van der Waals surface area (Å²) in [6.45, 7) is 8.08. The molecular weight excluding hydrogens is 294 g/mol. The van der Waals surface area contributed by atoms with Gasteiger partial charge in [0.2, 0.25) is 0 Å². The van der Waals surface area contributed by atoms with Gasteiger partial charge >= 0.3 is 0 Å². The number of nitrogens with zero attached hydrogens (tertiary/aromatic N) is 6. The molecule has 1 N–H and O–H groups in total. The van der Waals surface area contributed by atoms with E-state index in [2.05, 4.69) is 45.1 Å². The third-order valence-corrected chi connectivity index (χ3v) is 3.90. The number of hydrogen-bond acceptors (Lipinski definition) is 6. The third-order valence-electron chi connectivity index (χ3n) is 3.90. The molecule has 1 fully saturated rings. The van der Waals surface area contributed by atoms with Gasteiger partial charge in [0.15, 0.2) is 11.6 Å². The molecule has 0 amide bonds. The minimum atomic E-state index is -0.0731. The lowest BCUT2D eigenvalue weighted by Crippen LogP contribution is -2.40. The summed E-state index contributed by atoms with van der Waals surface area (Å²) in [5.41, 5.74) is 0.590. The van der Waals surface area contributed by atoms with Gasteiger partial charge in [-0.3, -0.25) is 14.7 Å². The number of nitrogens with one attached hydrogen (secondary N) is 1. The summed E-state index contributed by atoms with van der Waals surface area (Å²) in [5.74, 6) is 1.92. The van der Waals surface area contributed by atoms with Crippen LogP contribution in [-0.2, 0) is 11.3 Å². The number of aromatic nitrogens is 5. The Bertz CT molecular complexity index is 684. The van der Waals surface area contributed by atoms with Crippen LogP contribution in [0.4, 0.5) is 0 Å². The number of nitriles is 1. The van der Waals surface area contributed by atoms with E-state index < -0.39 is 0 Å². The van der Waals surface area contributed by atoms with E-state index in [9.17, 15) is 0 Å². The Kier molecular flexibility index (Phi) is 4.69. The second-order valence-corrected chi connectivity index (χ2v) is 6.00. The summed E-state index contributed by atoms with van der Waals surface area (Å²) in [6.07, 6.45) is 3.28. The summed E-state index contributed by atoms with van der Waals surface area (Å²) in [4.78, 5) is 6.85. The van der Waals surface area contributed by atoms with Gasteiger partial charge in [-0.2, -0.15) is 15.5 Å². The van der Waals surface area contributed by atoms with Crippen LogP contribution >= 0.6 is 0 Å². The van der Waals surface area contributed by atoms with Crippen LogP contribution in [0.2, 0.25) is 0 Å². The van der Waals surface area contributed by atoms with Crippen molar-refractivity contribution in [3.63, 3.8) is 0 Å². The SMILES string of the molecule is CC(C)c1n[nH]c(C2CN(CCn3cc(C#N)cn3)CCO2)n1. The third kappa shape index (κ3) is 3.75. The molecule has 3 rings (SSSR count). The molecule has 2 aromatic heterocycles. The van der Waals surface area contributed by atoms with E-state index in [4.69, 9.17) is 10.00 Å². The molecule has 1 aliphatic rings. The number of aromatic amines is 1. The fraction of sp³-hybridized carbons (Fsp3) is 0.600. The Hall–Kier alpha value is -2.24. The first-order valence-electron chi connectivity index (χ1n) is 7.84. The van der Waals surface area contributed by atoms with Crippen molar-refractivity contribution in [2.45, 2.75) is 32.4 Å². The summed E-state index contributed by atoms with van der Waals surface area (Å²) in [7, 11) is 0. The molecule has 0 aromatic carbocycles. The van der Waals surface area contributed by atoms with Crippen molar-refractivity contribution in [3.8, 4) is 6.07 Å². The minimum Gasteiger partial charge on any atom is -0.368 e. The van der Waals surface area contributed by atoms with Crippen LogP contribution < -0.4 is 0 Å². The van der Waals surface area contributed by atoms with Gasteiger partial charge in [-0.15, -0.1) is 0 Å². The van der Waals surface area contributed by atoms with E-state index in [1.165, 1.54) is 0 Å². The highest BCUT2D eigenvalue weighted by atomic mass is 16.5. The molecule has 23 heavy (non-hydrogen) atoms. The summed E-state index contributed by atoms with van der Waals surface area (Å²) >= 11 is 0. The standard InChI is InChI=1S/C15H21N7O/c1-11(2)14-18-15(20-19-14)13-10-21(5-6-23-13)3-4-22-9-12(7-16)8-17-22/h8-9,11,13H,3-6,10H2,1-2H3,(H,18,19,20). The maximum absolute atomic E-state index is 8.82. The lowest BCUT2D eigenvalue weighted by atomic mass is 10.2. The van der Waals surface area contributed by atoms with Gasteiger partial charge in [0.1, 0.15) is 12.2 Å². The number of rotatable bonds is 5. The zero-order valence-electron chi connectivity index (χ0n) is 13.4. The van der Waals surface area contributed by atoms with Crippen molar-refractivity contribution in [1.82, 2.24) is 29.9 Å². The molecule has 8 heteroatoms.